The van der Waals surface area contributed by atoms with Crippen LogP contribution in [0.25, 0.3) is 33.8 Å². The number of ether oxygens (including phenoxy) is 7. The van der Waals surface area contributed by atoms with Gasteiger partial charge in [-0.05, 0) is 151 Å². The molecule has 23 nitrogen and oxygen atoms in total. The lowest BCUT2D eigenvalue weighted by Crippen LogP contribution is -2.11. The summed E-state index contributed by atoms with van der Waals surface area (Å²) in [5.74, 6) is 1.16. The van der Waals surface area contributed by atoms with Gasteiger partial charge < -0.3 is 49.1 Å². The molecule has 0 saturated carbocycles. The third-order valence-corrected chi connectivity index (χ3v) is 17.3. The van der Waals surface area contributed by atoms with E-state index in [1.54, 1.807) is 105 Å². The van der Waals surface area contributed by atoms with Crippen molar-refractivity contribution in [1.29, 1.82) is 0 Å². The van der Waals surface area contributed by atoms with Gasteiger partial charge >= 0.3 is 5.97 Å². The number of halogens is 3. The number of aromatic nitrogens is 3. The molecule has 0 aliphatic heterocycles. The summed E-state index contributed by atoms with van der Waals surface area (Å²) in [6.07, 6.45) is 4.88. The number of methoxy groups -OCH3 is 6. The van der Waals surface area contributed by atoms with E-state index in [0.717, 1.165) is 33.4 Å². The Morgan fingerprint density at radius 3 is 0.852 bits per heavy atom. The number of carbonyl (C=O) groups excluding carboxylic acids is 4. The summed E-state index contributed by atoms with van der Waals surface area (Å²) >= 11 is 3.73. The summed E-state index contributed by atoms with van der Waals surface area (Å²) in [6, 6.07) is 60.8. The minimum absolute atomic E-state index is 0.211. The Morgan fingerprint density at radius 1 is 0.370 bits per heavy atom. The smallest absolute Gasteiger partial charge is 0.302 e. The number of carbonyl (C=O) groups is 4. The van der Waals surface area contributed by atoms with E-state index in [4.69, 9.17) is 28.4 Å². The van der Waals surface area contributed by atoms with Crippen LogP contribution in [0, 0.1) is 17.5 Å². The first-order valence-corrected chi connectivity index (χ1v) is 35.0. The molecule has 0 aliphatic carbocycles. The highest BCUT2D eigenvalue weighted by Gasteiger charge is 2.21. The van der Waals surface area contributed by atoms with Crippen molar-refractivity contribution in [2.24, 2.45) is 15.3 Å². The topological polar surface area (TPSA) is 281 Å². The number of anilines is 6. The van der Waals surface area contributed by atoms with E-state index in [9.17, 15) is 32.3 Å². The highest BCUT2D eigenvalue weighted by Crippen LogP contribution is 2.40. The van der Waals surface area contributed by atoms with Gasteiger partial charge in [-0.3, -0.25) is 35.5 Å². The van der Waals surface area contributed by atoms with Crippen LogP contribution < -0.4 is 60.6 Å². The lowest BCUT2D eigenvalue weighted by molar-refractivity contribution is -0.140. The van der Waals surface area contributed by atoms with E-state index in [2.05, 4.69) is 67.2 Å². The number of amides is 3. The van der Waals surface area contributed by atoms with E-state index >= 15 is 0 Å². The van der Waals surface area contributed by atoms with Crippen LogP contribution in [0.15, 0.2) is 234 Å². The Balaban J connectivity index is 0.000000180. The molecule has 12 rings (SSSR count). The van der Waals surface area contributed by atoms with Crippen molar-refractivity contribution in [2.75, 3.05) is 81.5 Å². The molecule has 552 valence electrons. The fraction of sp³-hybridized carbons (Fsp3) is 0.114. The minimum Gasteiger partial charge on any atom is -0.493 e. The van der Waals surface area contributed by atoms with E-state index in [-0.39, 0.29) is 23.7 Å². The van der Waals surface area contributed by atoms with Gasteiger partial charge in [0.15, 0.2) is 34.5 Å². The molecule has 0 atom stereocenters. The molecule has 108 heavy (non-hydrogen) atoms. The highest BCUT2D eigenvalue weighted by molar-refractivity contribution is 7.21. The second kappa shape index (κ2) is 40.1. The van der Waals surface area contributed by atoms with Crippen LogP contribution in [0.2, 0.25) is 0 Å². The Morgan fingerprint density at radius 2 is 0.630 bits per heavy atom. The van der Waals surface area contributed by atoms with Crippen LogP contribution in [0.3, 0.4) is 0 Å². The van der Waals surface area contributed by atoms with Crippen molar-refractivity contribution in [3.63, 3.8) is 0 Å². The van der Waals surface area contributed by atoms with Crippen LogP contribution in [-0.4, -0.2) is 107 Å². The van der Waals surface area contributed by atoms with Crippen molar-refractivity contribution in [3.8, 4) is 68.3 Å². The number of hydrogen-bond acceptors (Lipinski definition) is 23. The quantitative estimate of drug-likeness (QED) is 0.0176. The summed E-state index contributed by atoms with van der Waals surface area (Å²) in [5.41, 5.74) is 16.5. The van der Waals surface area contributed by atoms with E-state index < -0.39 is 17.5 Å². The third kappa shape index (κ3) is 22.9. The Hall–Kier alpha value is -13.3. The van der Waals surface area contributed by atoms with Crippen LogP contribution in [0.5, 0.6) is 34.5 Å². The summed E-state index contributed by atoms with van der Waals surface area (Å²) in [5, 5.41) is 24.5. The van der Waals surface area contributed by atoms with Crippen molar-refractivity contribution < 1.29 is 65.5 Å². The van der Waals surface area contributed by atoms with Gasteiger partial charge in [-0.2, -0.15) is 15.3 Å². The first kappa shape index (κ1) is 78.9. The van der Waals surface area contributed by atoms with Gasteiger partial charge in [0.05, 0.1) is 67.9 Å². The molecule has 6 N–H and O–H groups in total. The summed E-state index contributed by atoms with van der Waals surface area (Å²) in [6.45, 7) is 3.65. The van der Waals surface area contributed by atoms with Gasteiger partial charge in [-0.15, -0.1) is 0 Å². The maximum atomic E-state index is 13.2. The average molecular weight is 1520 g/mol. The molecule has 0 bridgehead atoms. The maximum Gasteiger partial charge on any atom is 0.302 e. The van der Waals surface area contributed by atoms with Gasteiger partial charge in [0.2, 0.25) is 15.4 Å². The highest BCUT2D eigenvalue weighted by atomic mass is 32.1. The summed E-state index contributed by atoms with van der Waals surface area (Å²) < 4.78 is 75.7. The molecule has 29 heteroatoms. The molecule has 3 heterocycles. The first-order chi connectivity index (χ1) is 52.5. The van der Waals surface area contributed by atoms with Crippen molar-refractivity contribution in [1.82, 2.24) is 15.0 Å². The normalized spacial score (nSPS) is 10.6. The molecule has 0 radical (unpaired) electrons. The van der Waals surface area contributed by atoms with Crippen LogP contribution >= 0.6 is 34.0 Å². The SMILES string of the molecule is CCOC(C)=O.COc1ccc(/C=N/Nc2nc(-c3ccccc3)c(NC(=O)c3ccc(F)cc3)s2)cc1OC.COc1ccc(/C=N/Nc2nc(-c3ccccc3)c(NC(=O)c3ccc(F)cc3)s2)cc1OC.COc1ccc(/C=N/Nc2nc(-c3ccccc3)c(NC(=O)c3ccc(F)cc3)s2)cc1OC. The number of hydrazone groups is 3. The number of rotatable bonds is 25. The third-order valence-electron chi connectivity index (χ3n) is 14.7. The predicted molar refractivity (Wildman–Crippen MR) is 420 cm³/mol. The Bertz CT molecular complexity index is 4570. The molecular weight excluding hydrogens is 1450 g/mol. The largest absolute Gasteiger partial charge is 0.493 e. The van der Waals surface area contributed by atoms with E-state index in [1.807, 2.05) is 109 Å². The maximum absolute atomic E-state index is 13.2. The van der Waals surface area contributed by atoms with Gasteiger partial charge in [-0.1, -0.05) is 125 Å². The second-order valence-corrected chi connectivity index (χ2v) is 24.9. The predicted octanol–water partition coefficient (Wildman–Crippen LogP) is 17.6. The van der Waals surface area contributed by atoms with Crippen molar-refractivity contribution in [3.05, 3.63) is 269 Å². The lowest BCUT2D eigenvalue weighted by atomic mass is 10.1. The molecule has 3 amide bonds. The number of thiazole rings is 3. The van der Waals surface area contributed by atoms with Crippen molar-refractivity contribution in [2.45, 2.75) is 13.8 Å². The van der Waals surface area contributed by atoms with Gasteiger partial charge in [0.25, 0.3) is 17.7 Å². The standard InChI is InChI=1S/3C25H21FN4O3S.C4H8O2/c3*1-32-20-13-8-16(14-21(20)33-2)15-27-30-25-28-22(17-6-4-3-5-7-17)24(34-25)29-23(31)18-9-11-19(26)12-10-18;1-3-6-4(2)5/h3*3-15H,1-2H3,(H,28,30)(H,29,31);3H2,1-2H3/b3*27-15+;. The monoisotopic (exact) mass is 1520 g/mol. The molecule has 9 aromatic carbocycles. The number of benzene rings is 9. The lowest BCUT2D eigenvalue weighted by Gasteiger charge is -2.07. The summed E-state index contributed by atoms with van der Waals surface area (Å²) in [7, 11) is 9.43. The molecule has 0 saturated heterocycles. The van der Waals surface area contributed by atoms with E-state index in [0.29, 0.717) is 105 Å². The summed E-state index contributed by atoms with van der Waals surface area (Å²) in [4.78, 5) is 61.8. The average Bonchev–Trinajstić information content (AvgIpc) is 1.68. The first-order valence-electron chi connectivity index (χ1n) is 32.5. The number of nitrogens with one attached hydrogen (secondary N) is 6. The van der Waals surface area contributed by atoms with E-state index in [1.165, 1.54) is 114 Å². The number of esters is 1. The molecule has 0 unspecified atom stereocenters. The van der Waals surface area contributed by atoms with Crippen LogP contribution in [0.1, 0.15) is 61.6 Å². The fourth-order valence-corrected chi connectivity index (χ4v) is 12.0. The minimum atomic E-state index is -0.404. The molecule has 0 spiro atoms. The van der Waals surface area contributed by atoms with Gasteiger partial charge in [-0.25, -0.2) is 28.1 Å². The zero-order valence-corrected chi connectivity index (χ0v) is 61.7. The Labute approximate surface area is 631 Å². The second-order valence-electron chi connectivity index (χ2n) is 21.9. The molecule has 0 fully saturated rings. The molecule has 3 aromatic heterocycles. The van der Waals surface area contributed by atoms with Gasteiger partial charge in [0.1, 0.15) is 49.5 Å². The van der Waals surface area contributed by atoms with Crippen molar-refractivity contribution >= 4 is 107 Å². The Kier molecular flexibility index (Phi) is 29.3. The zero-order valence-electron chi connectivity index (χ0n) is 59.3. The molecule has 0 aliphatic rings. The van der Waals surface area contributed by atoms with Crippen LogP contribution in [0.4, 0.5) is 43.6 Å². The molecular formula is C79H71F3N12O11S3. The van der Waals surface area contributed by atoms with Gasteiger partial charge in [0, 0.05) is 40.3 Å². The number of nitrogens with zero attached hydrogens (tertiary/aromatic N) is 6. The van der Waals surface area contributed by atoms with Crippen LogP contribution in [-0.2, 0) is 9.53 Å². The fourth-order valence-electron chi connectivity index (χ4n) is 9.55. The number of hydrogen-bond donors (Lipinski definition) is 6. The molecule has 12 aromatic rings. The zero-order chi connectivity index (χ0) is 76.7.